The van der Waals surface area contributed by atoms with E-state index in [4.69, 9.17) is 18.8 Å². The van der Waals surface area contributed by atoms with Crippen molar-refractivity contribution in [2.75, 3.05) is 14.2 Å². The van der Waals surface area contributed by atoms with Crippen molar-refractivity contribution in [1.82, 2.24) is 0 Å². The molecule has 48 heavy (non-hydrogen) atoms. The molecule has 0 aliphatic carbocycles. The van der Waals surface area contributed by atoms with E-state index in [1.807, 2.05) is 0 Å². The number of amides is 2. The van der Waals surface area contributed by atoms with Gasteiger partial charge in [0.05, 0.1) is 48.0 Å². The summed E-state index contributed by atoms with van der Waals surface area (Å²) < 4.78 is 78.9. The first kappa shape index (κ1) is 30.7. The summed E-state index contributed by atoms with van der Waals surface area (Å²) in [7, 11) is -5.94. The smallest absolute Gasteiger partial charge is 0.599 e. The first-order valence-corrected chi connectivity index (χ1v) is 14.7. The molecule has 8 nitrogen and oxygen atoms in total. The van der Waals surface area contributed by atoms with Crippen LogP contribution in [0.15, 0.2) is 109 Å². The van der Waals surface area contributed by atoms with E-state index < -0.39 is 25.9 Å². The number of fused-ring (bicyclic) bond motifs is 4. The zero-order valence-electron chi connectivity index (χ0n) is 25.4. The van der Waals surface area contributed by atoms with Crippen molar-refractivity contribution in [3.05, 3.63) is 143 Å². The van der Waals surface area contributed by atoms with E-state index in [-0.39, 0.29) is 34.1 Å². The topological polar surface area (TPSA) is 77.1 Å². The van der Waals surface area contributed by atoms with Gasteiger partial charge in [0, 0.05) is 23.3 Å². The van der Waals surface area contributed by atoms with Crippen molar-refractivity contribution in [3.8, 4) is 11.5 Å². The maximum atomic E-state index is 14.5. The molecule has 0 radical (unpaired) electrons. The molecule has 4 aromatic carbocycles. The van der Waals surface area contributed by atoms with Crippen molar-refractivity contribution < 1.29 is 54.6 Å². The molecule has 240 valence electrons. The van der Waals surface area contributed by atoms with Crippen LogP contribution in [0.3, 0.4) is 0 Å². The van der Waals surface area contributed by atoms with Gasteiger partial charge in [-0.3, -0.25) is 8.97 Å². The van der Waals surface area contributed by atoms with Gasteiger partial charge in [0.25, 0.3) is 0 Å². The van der Waals surface area contributed by atoms with Gasteiger partial charge in [0.15, 0.2) is 11.4 Å². The van der Waals surface area contributed by atoms with Crippen LogP contribution >= 0.6 is 0 Å². The highest BCUT2D eigenvalue weighted by Crippen LogP contribution is 2.36. The number of rotatable bonds is 4. The Morgan fingerprint density at radius 3 is 1.19 bits per heavy atom. The summed E-state index contributed by atoms with van der Waals surface area (Å²) in [6, 6.07) is 26.3. The maximum Gasteiger partial charge on any atom is 0.837 e. The first-order valence-electron chi connectivity index (χ1n) is 14.7. The fraction of sp³-hybridized carbons (Fsp3) is 0.0588. The Balaban J connectivity index is 0.000000152. The van der Waals surface area contributed by atoms with Gasteiger partial charge in [0.1, 0.15) is 11.5 Å². The number of methoxy groups -OCH3 is 2. The van der Waals surface area contributed by atoms with Gasteiger partial charge >= 0.3 is 25.9 Å². The predicted molar refractivity (Wildman–Crippen MR) is 170 cm³/mol. The van der Waals surface area contributed by atoms with E-state index in [0.717, 1.165) is 0 Å². The van der Waals surface area contributed by atoms with Crippen molar-refractivity contribution >= 4 is 48.8 Å². The molecule has 0 spiro atoms. The SMILES string of the molecule is COc1ccc(C2=CC3=[N+](C(=O)c4ccccc43)[B-](F)(F)O2)cc1.COc1ccc(C2=CC3=[N+](C(=O)c4ccccc43)[B-](F)(F)O2)cc1. The zero-order valence-corrected chi connectivity index (χ0v) is 25.4. The minimum atomic E-state index is -4.50. The summed E-state index contributed by atoms with van der Waals surface area (Å²) in [5.41, 5.74) is 2.78. The molecule has 2 amide bonds. The summed E-state index contributed by atoms with van der Waals surface area (Å²) in [5, 5.41) is 0. The van der Waals surface area contributed by atoms with Crippen LogP contribution in [0.2, 0.25) is 0 Å². The summed E-state index contributed by atoms with van der Waals surface area (Å²) >= 11 is 0. The van der Waals surface area contributed by atoms with Crippen LogP contribution in [0.1, 0.15) is 43.0 Å². The zero-order chi connectivity index (χ0) is 33.8. The Kier molecular flexibility index (Phi) is 7.30. The number of halogens is 4. The number of carbonyl (C=O) groups is 2. The largest absolute Gasteiger partial charge is 0.837 e. The van der Waals surface area contributed by atoms with Gasteiger partial charge in [0.2, 0.25) is 0 Å². The molecule has 0 saturated heterocycles. The van der Waals surface area contributed by atoms with E-state index in [0.29, 0.717) is 42.7 Å². The Bertz CT molecular complexity index is 1990. The van der Waals surface area contributed by atoms with E-state index in [2.05, 4.69) is 0 Å². The normalized spacial score (nSPS) is 17.8. The summed E-state index contributed by atoms with van der Waals surface area (Å²) in [6.07, 6.45) is 2.95. The van der Waals surface area contributed by atoms with Gasteiger partial charge in [-0.2, -0.15) is 0 Å². The van der Waals surface area contributed by atoms with E-state index in [9.17, 15) is 26.9 Å². The lowest BCUT2D eigenvalue weighted by atomic mass is 9.98. The third-order valence-corrected chi connectivity index (χ3v) is 8.25. The molecule has 0 unspecified atom stereocenters. The number of allylic oxidation sites excluding steroid dienone is 2. The third kappa shape index (κ3) is 5.05. The number of nitrogens with zero attached hydrogens (tertiary/aromatic N) is 2. The highest BCUT2D eigenvalue weighted by atomic mass is 19.3. The van der Waals surface area contributed by atoms with Crippen molar-refractivity contribution in [1.29, 1.82) is 0 Å². The number of hydrogen-bond donors (Lipinski definition) is 0. The van der Waals surface area contributed by atoms with Crippen LogP contribution in [0.5, 0.6) is 11.5 Å². The predicted octanol–water partition coefficient (Wildman–Crippen LogP) is 6.19. The average molecular weight is 654 g/mol. The van der Waals surface area contributed by atoms with Crippen molar-refractivity contribution in [3.63, 3.8) is 0 Å². The molecule has 0 bridgehead atoms. The monoisotopic (exact) mass is 654 g/mol. The lowest BCUT2D eigenvalue weighted by Crippen LogP contribution is -2.48. The molecular formula is C34H24B2F4N2O6. The molecule has 4 aliphatic heterocycles. The molecule has 4 heterocycles. The first-order chi connectivity index (χ1) is 23.0. The second kappa shape index (κ2) is 11.4. The molecule has 4 aliphatic rings. The van der Waals surface area contributed by atoms with Crippen LogP contribution in [0.4, 0.5) is 17.3 Å². The summed E-state index contributed by atoms with van der Waals surface area (Å²) in [6.45, 7) is 0. The molecule has 4 aromatic rings. The van der Waals surface area contributed by atoms with Gasteiger partial charge in [-0.15, -0.1) is 0 Å². The highest BCUT2D eigenvalue weighted by molar-refractivity contribution is 6.57. The van der Waals surface area contributed by atoms with Crippen LogP contribution in [-0.4, -0.2) is 60.5 Å². The maximum absolute atomic E-state index is 14.5. The second-order valence-electron chi connectivity index (χ2n) is 11.0. The van der Waals surface area contributed by atoms with Gasteiger partial charge in [-0.05, 0) is 72.8 Å². The van der Waals surface area contributed by atoms with Crippen LogP contribution in [-0.2, 0) is 9.31 Å². The number of carbonyl (C=O) groups excluding carboxylic acids is 2. The van der Waals surface area contributed by atoms with Gasteiger partial charge in [-0.1, -0.05) is 24.3 Å². The average Bonchev–Trinajstić information content (AvgIpc) is 3.56. The lowest BCUT2D eigenvalue weighted by molar-refractivity contribution is -0.340. The molecule has 14 heteroatoms. The number of ether oxygens (including phenoxy) is 2. The van der Waals surface area contributed by atoms with Crippen LogP contribution in [0.25, 0.3) is 11.5 Å². The molecule has 8 rings (SSSR count). The highest BCUT2D eigenvalue weighted by Gasteiger charge is 2.58. The van der Waals surface area contributed by atoms with Gasteiger partial charge < -0.3 is 36.0 Å². The molecular weight excluding hydrogens is 630 g/mol. The Hall–Kier alpha value is -5.91. The van der Waals surface area contributed by atoms with E-state index in [1.54, 1.807) is 84.9 Å². The van der Waals surface area contributed by atoms with Gasteiger partial charge in [-0.25, -0.2) is 9.59 Å². The molecule has 0 aromatic heterocycles. The van der Waals surface area contributed by atoms with Crippen LogP contribution < -0.4 is 9.47 Å². The fourth-order valence-corrected chi connectivity index (χ4v) is 5.96. The summed E-state index contributed by atoms with van der Waals surface area (Å²) in [4.78, 5) is 24.6. The Labute approximate surface area is 271 Å². The van der Waals surface area contributed by atoms with E-state index >= 15 is 0 Å². The molecule has 0 atom stereocenters. The van der Waals surface area contributed by atoms with Crippen molar-refractivity contribution in [2.45, 2.75) is 0 Å². The molecule has 0 fully saturated rings. The van der Waals surface area contributed by atoms with Crippen LogP contribution in [0, 0.1) is 0 Å². The minimum absolute atomic E-state index is 0.0263. The van der Waals surface area contributed by atoms with Crippen molar-refractivity contribution in [2.24, 2.45) is 0 Å². The fourth-order valence-electron chi connectivity index (χ4n) is 5.96. The van der Waals surface area contributed by atoms with E-state index in [1.165, 1.54) is 38.5 Å². The molecule has 0 saturated carbocycles. The Morgan fingerprint density at radius 2 is 0.854 bits per heavy atom. The lowest BCUT2D eigenvalue weighted by Gasteiger charge is -2.27. The summed E-state index contributed by atoms with van der Waals surface area (Å²) in [5.74, 6) is -0.200. The Morgan fingerprint density at radius 1 is 0.521 bits per heavy atom. The minimum Gasteiger partial charge on any atom is -0.599 e. The standard InChI is InChI=1S/2C17H12BF2NO3/c2*1-23-12-8-6-11(7-9-12)16-10-15-13-4-2-3-5-14(13)17(22)21(15)18(19,20)24-16/h2*2-10H,1H3. The quantitative estimate of drug-likeness (QED) is 0.193. The number of benzene rings is 4. The molecule has 0 N–H and O–H groups in total. The second-order valence-corrected chi connectivity index (χ2v) is 11.0. The third-order valence-electron chi connectivity index (χ3n) is 8.25. The number of hydrogen-bond acceptors (Lipinski definition) is 6.